The molecule has 0 aliphatic rings. The molecule has 27 heavy (non-hydrogen) atoms. The quantitative estimate of drug-likeness (QED) is 0.481. The Morgan fingerprint density at radius 1 is 1.11 bits per heavy atom. The minimum Gasteiger partial charge on any atom is -0.489 e. The lowest BCUT2D eigenvalue weighted by molar-refractivity contribution is -0.116. The van der Waals surface area contributed by atoms with Crippen LogP contribution in [-0.4, -0.2) is 5.91 Å². The van der Waals surface area contributed by atoms with E-state index in [9.17, 15) is 4.79 Å². The van der Waals surface area contributed by atoms with Crippen molar-refractivity contribution in [1.82, 2.24) is 5.32 Å². The van der Waals surface area contributed by atoms with Crippen LogP contribution >= 0.6 is 34.5 Å². The second-order valence-corrected chi connectivity index (χ2v) is 7.60. The van der Waals surface area contributed by atoms with Gasteiger partial charge in [0.15, 0.2) is 0 Å². The fraction of sp³-hybridized carbons (Fsp3) is 0.0952. The normalized spacial score (nSPS) is 10.9. The van der Waals surface area contributed by atoms with Crippen LogP contribution in [0, 0.1) is 0 Å². The number of hydrogen-bond donors (Lipinski definition) is 1. The Balaban J connectivity index is 1.49. The molecule has 0 saturated carbocycles. The zero-order valence-corrected chi connectivity index (χ0v) is 16.7. The lowest BCUT2D eigenvalue weighted by atomic mass is 10.2. The first-order valence-electron chi connectivity index (χ1n) is 8.25. The molecule has 1 aromatic heterocycles. The van der Waals surface area contributed by atoms with E-state index in [4.69, 9.17) is 27.9 Å². The number of rotatable bonds is 7. The van der Waals surface area contributed by atoms with E-state index in [1.54, 1.807) is 29.5 Å². The highest BCUT2D eigenvalue weighted by Crippen LogP contribution is 2.23. The van der Waals surface area contributed by atoms with E-state index in [1.165, 1.54) is 6.08 Å². The van der Waals surface area contributed by atoms with Crippen molar-refractivity contribution < 1.29 is 9.53 Å². The molecule has 1 N–H and O–H groups in total. The molecule has 2 aromatic carbocycles. The van der Waals surface area contributed by atoms with Crippen molar-refractivity contribution in [3.8, 4) is 5.75 Å². The molecule has 1 amide bonds. The van der Waals surface area contributed by atoms with Crippen molar-refractivity contribution in [2.45, 2.75) is 13.2 Å². The van der Waals surface area contributed by atoms with Gasteiger partial charge in [-0.05, 0) is 47.4 Å². The Labute approximate surface area is 172 Å². The van der Waals surface area contributed by atoms with Gasteiger partial charge in [-0.15, -0.1) is 11.3 Å². The number of carbonyl (C=O) groups excluding carboxylic acids is 1. The van der Waals surface area contributed by atoms with E-state index in [-0.39, 0.29) is 5.91 Å². The van der Waals surface area contributed by atoms with E-state index >= 15 is 0 Å². The maximum atomic E-state index is 11.9. The van der Waals surface area contributed by atoms with Crippen LogP contribution in [0.4, 0.5) is 0 Å². The molecule has 0 unspecified atom stereocenters. The average Bonchev–Trinajstić information content (AvgIpc) is 3.18. The second kappa shape index (κ2) is 9.60. The highest BCUT2D eigenvalue weighted by Gasteiger charge is 2.03. The molecular formula is C21H17Cl2NO2S. The molecule has 3 nitrogen and oxygen atoms in total. The van der Waals surface area contributed by atoms with Gasteiger partial charge in [-0.1, -0.05) is 47.5 Å². The Bertz CT molecular complexity index is 922. The van der Waals surface area contributed by atoms with Gasteiger partial charge in [0.05, 0.1) is 6.54 Å². The number of amides is 1. The van der Waals surface area contributed by atoms with Crippen LogP contribution < -0.4 is 10.1 Å². The minimum absolute atomic E-state index is 0.124. The van der Waals surface area contributed by atoms with Gasteiger partial charge in [-0.3, -0.25) is 4.79 Å². The molecule has 0 fully saturated rings. The molecule has 0 radical (unpaired) electrons. The van der Waals surface area contributed by atoms with Crippen molar-refractivity contribution in [3.05, 3.63) is 92.1 Å². The van der Waals surface area contributed by atoms with E-state index in [1.807, 2.05) is 47.8 Å². The van der Waals surface area contributed by atoms with Gasteiger partial charge in [-0.2, -0.15) is 0 Å². The highest BCUT2D eigenvalue weighted by atomic mass is 35.5. The predicted molar refractivity (Wildman–Crippen MR) is 112 cm³/mol. The van der Waals surface area contributed by atoms with Gasteiger partial charge in [0, 0.05) is 26.6 Å². The number of nitrogens with one attached hydrogen (secondary N) is 1. The fourth-order valence-electron chi connectivity index (χ4n) is 2.29. The van der Waals surface area contributed by atoms with Crippen molar-refractivity contribution in [1.29, 1.82) is 0 Å². The van der Waals surface area contributed by atoms with Crippen LogP contribution in [0.1, 0.15) is 16.0 Å². The minimum atomic E-state index is -0.124. The molecule has 138 valence electrons. The summed E-state index contributed by atoms with van der Waals surface area (Å²) in [5.41, 5.74) is 1.78. The number of thiophene rings is 1. The SMILES string of the molecule is O=C(C=Cc1ccc(OCc2ccc(Cl)cc2Cl)cc1)NCc1cccs1. The lowest BCUT2D eigenvalue weighted by Gasteiger charge is -2.08. The summed E-state index contributed by atoms with van der Waals surface area (Å²) in [5.74, 6) is 0.599. The fourth-order valence-corrected chi connectivity index (χ4v) is 3.40. The van der Waals surface area contributed by atoms with Gasteiger partial charge in [0.25, 0.3) is 0 Å². The maximum absolute atomic E-state index is 11.9. The molecule has 0 saturated heterocycles. The van der Waals surface area contributed by atoms with Gasteiger partial charge in [-0.25, -0.2) is 0 Å². The van der Waals surface area contributed by atoms with Crippen molar-refractivity contribution >= 4 is 46.5 Å². The molecule has 6 heteroatoms. The Kier molecular flexibility index (Phi) is 6.93. The summed E-state index contributed by atoms with van der Waals surface area (Å²) in [6.45, 7) is 0.900. The number of halogens is 2. The van der Waals surface area contributed by atoms with Crippen LogP contribution in [0.15, 0.2) is 66.1 Å². The van der Waals surface area contributed by atoms with Gasteiger partial charge >= 0.3 is 0 Å². The third-order valence-electron chi connectivity index (χ3n) is 3.73. The van der Waals surface area contributed by atoms with Crippen LogP contribution in [0.25, 0.3) is 6.08 Å². The van der Waals surface area contributed by atoms with E-state index in [0.29, 0.717) is 23.2 Å². The first-order valence-corrected chi connectivity index (χ1v) is 9.89. The third kappa shape index (κ3) is 6.14. The molecule has 3 rings (SSSR count). The molecule has 0 aliphatic heterocycles. The molecule has 1 heterocycles. The summed E-state index contributed by atoms with van der Waals surface area (Å²) in [7, 11) is 0. The van der Waals surface area contributed by atoms with Crippen molar-refractivity contribution in [3.63, 3.8) is 0 Å². The number of benzene rings is 2. The van der Waals surface area contributed by atoms with Gasteiger partial charge in [0.1, 0.15) is 12.4 Å². The standard InChI is InChI=1S/C21H17Cl2NO2S/c22-17-7-6-16(20(23)12-17)14-26-18-8-3-15(4-9-18)5-10-21(25)24-13-19-2-1-11-27-19/h1-12H,13-14H2,(H,24,25). The summed E-state index contributed by atoms with van der Waals surface area (Å²) in [4.78, 5) is 13.0. The Morgan fingerprint density at radius 3 is 2.63 bits per heavy atom. The zero-order valence-electron chi connectivity index (χ0n) is 14.3. The second-order valence-electron chi connectivity index (χ2n) is 5.72. The average molecular weight is 418 g/mol. The monoisotopic (exact) mass is 417 g/mol. The molecule has 0 aliphatic carbocycles. The third-order valence-corrected chi connectivity index (χ3v) is 5.20. The van der Waals surface area contributed by atoms with Crippen LogP contribution in [0.2, 0.25) is 10.0 Å². The molecule has 0 bridgehead atoms. The van der Waals surface area contributed by atoms with E-state index < -0.39 is 0 Å². The maximum Gasteiger partial charge on any atom is 0.244 e. The molecule has 3 aromatic rings. The van der Waals surface area contributed by atoms with Crippen molar-refractivity contribution in [2.75, 3.05) is 0 Å². The van der Waals surface area contributed by atoms with Gasteiger partial charge < -0.3 is 10.1 Å². The summed E-state index contributed by atoms with van der Waals surface area (Å²) >= 11 is 13.6. The predicted octanol–water partition coefficient (Wildman–Crippen LogP) is 5.96. The largest absolute Gasteiger partial charge is 0.489 e. The topological polar surface area (TPSA) is 38.3 Å². The van der Waals surface area contributed by atoms with Gasteiger partial charge in [0.2, 0.25) is 5.91 Å². The number of ether oxygens (including phenoxy) is 1. The Morgan fingerprint density at radius 2 is 1.93 bits per heavy atom. The van der Waals surface area contributed by atoms with Crippen molar-refractivity contribution in [2.24, 2.45) is 0 Å². The zero-order chi connectivity index (χ0) is 19.1. The first-order chi connectivity index (χ1) is 13.1. The Hall–Kier alpha value is -2.27. The lowest BCUT2D eigenvalue weighted by Crippen LogP contribution is -2.19. The molecule has 0 atom stereocenters. The van der Waals surface area contributed by atoms with E-state index in [0.717, 1.165) is 21.8 Å². The number of hydrogen-bond acceptors (Lipinski definition) is 3. The van der Waals surface area contributed by atoms with Crippen LogP contribution in [0.5, 0.6) is 5.75 Å². The van der Waals surface area contributed by atoms with Crippen LogP contribution in [0.3, 0.4) is 0 Å². The first kappa shape index (κ1) is 19.5. The summed E-state index contributed by atoms with van der Waals surface area (Å²) < 4.78 is 5.74. The molecular weight excluding hydrogens is 401 g/mol. The summed E-state index contributed by atoms with van der Waals surface area (Å²) in [6, 6.07) is 16.8. The summed E-state index contributed by atoms with van der Waals surface area (Å²) in [6.07, 6.45) is 3.29. The molecule has 0 spiro atoms. The van der Waals surface area contributed by atoms with Crippen LogP contribution in [-0.2, 0) is 17.9 Å². The highest BCUT2D eigenvalue weighted by molar-refractivity contribution is 7.09. The number of carbonyl (C=O) groups is 1. The summed E-state index contributed by atoms with van der Waals surface area (Å²) in [5, 5.41) is 6.02. The van der Waals surface area contributed by atoms with E-state index in [2.05, 4.69) is 5.32 Å². The smallest absolute Gasteiger partial charge is 0.244 e.